The lowest BCUT2D eigenvalue weighted by Gasteiger charge is -2.25. The van der Waals surface area contributed by atoms with Gasteiger partial charge in [-0.15, -0.1) is 0 Å². The maximum absolute atomic E-state index is 5.50. The summed E-state index contributed by atoms with van der Waals surface area (Å²) in [6, 6.07) is 0. The highest BCUT2D eigenvalue weighted by molar-refractivity contribution is 6.48. The third-order valence-electron chi connectivity index (χ3n) is 2.38. The van der Waals surface area contributed by atoms with Crippen LogP contribution in [0.15, 0.2) is 0 Å². The molecule has 0 amide bonds. The van der Waals surface area contributed by atoms with Crippen LogP contribution < -0.4 is 0 Å². The van der Waals surface area contributed by atoms with Gasteiger partial charge in [-0.25, -0.2) is 0 Å². The molecule has 0 aliphatic heterocycles. The minimum Gasteiger partial charge on any atom is -0.505 e. The zero-order valence-corrected chi connectivity index (χ0v) is 11.9. The summed E-state index contributed by atoms with van der Waals surface area (Å²) in [5.74, 6) is 3.05. The van der Waals surface area contributed by atoms with Crippen molar-refractivity contribution < 1.29 is 9.16 Å². The molecule has 0 saturated heterocycles. The van der Waals surface area contributed by atoms with E-state index in [1.165, 1.54) is 12.8 Å². The Balaban J connectivity index is 3.99. The molecule has 0 aliphatic rings. The van der Waals surface area contributed by atoms with Crippen LogP contribution in [0.5, 0.6) is 0 Å². The van der Waals surface area contributed by atoms with E-state index < -0.39 is 9.04 Å². The first-order valence-corrected chi connectivity index (χ1v) is 8.51. The summed E-state index contributed by atoms with van der Waals surface area (Å²) in [7, 11) is 0.758. The molecule has 0 aliphatic carbocycles. The second-order valence-electron chi connectivity index (χ2n) is 4.38. The van der Waals surface area contributed by atoms with Crippen LogP contribution in [0, 0.1) is 12.0 Å². The average Bonchev–Trinajstić information content (AvgIpc) is 2.21. The van der Waals surface area contributed by atoms with E-state index in [0.717, 1.165) is 12.8 Å². The van der Waals surface area contributed by atoms with Gasteiger partial charge in [0.1, 0.15) is 0 Å². The van der Waals surface area contributed by atoms with Crippen LogP contribution in [-0.4, -0.2) is 21.8 Å². The molecule has 1 unspecified atom stereocenters. The van der Waals surface area contributed by atoms with E-state index in [0.29, 0.717) is 0 Å². The molecular weight excluding hydrogens is 204 g/mol. The van der Waals surface area contributed by atoms with Gasteiger partial charge in [0.15, 0.2) is 0 Å². The highest BCUT2D eigenvalue weighted by Crippen LogP contribution is 2.21. The standard InChI is InChI=1S/C12H24O2Si/c1-6-7-9-12(2,13-3)10-8-11-14-15(4)5/h15H,6-7,9-10H2,1-5H3. The van der Waals surface area contributed by atoms with Crippen LogP contribution in [0.2, 0.25) is 13.1 Å². The highest BCUT2D eigenvalue weighted by atomic mass is 28.3. The van der Waals surface area contributed by atoms with Gasteiger partial charge in [-0.1, -0.05) is 25.7 Å². The summed E-state index contributed by atoms with van der Waals surface area (Å²) >= 11 is 0. The molecule has 15 heavy (non-hydrogen) atoms. The zero-order valence-electron chi connectivity index (χ0n) is 10.7. The Bertz CT molecular complexity index is 217. The van der Waals surface area contributed by atoms with E-state index in [4.69, 9.17) is 9.16 Å². The van der Waals surface area contributed by atoms with Crippen LogP contribution in [-0.2, 0) is 9.16 Å². The average molecular weight is 228 g/mol. The summed E-state index contributed by atoms with van der Waals surface area (Å²) in [4.78, 5) is 0. The van der Waals surface area contributed by atoms with E-state index in [2.05, 4.69) is 39.0 Å². The van der Waals surface area contributed by atoms with Crippen molar-refractivity contribution >= 4 is 9.04 Å². The van der Waals surface area contributed by atoms with Crippen LogP contribution in [0.3, 0.4) is 0 Å². The van der Waals surface area contributed by atoms with Crippen molar-refractivity contribution in [2.45, 2.75) is 58.2 Å². The second-order valence-corrected chi connectivity index (χ2v) is 6.71. The highest BCUT2D eigenvalue weighted by Gasteiger charge is 2.21. The van der Waals surface area contributed by atoms with Gasteiger partial charge in [0, 0.05) is 13.5 Å². The molecular formula is C12H24O2Si. The first-order valence-electron chi connectivity index (χ1n) is 5.72. The van der Waals surface area contributed by atoms with E-state index in [9.17, 15) is 0 Å². The molecule has 0 spiro atoms. The molecule has 0 rings (SSSR count). The Labute approximate surface area is 96.1 Å². The van der Waals surface area contributed by atoms with Gasteiger partial charge in [0.2, 0.25) is 9.04 Å². The number of hydrogen-bond donors (Lipinski definition) is 0. The zero-order chi connectivity index (χ0) is 11.7. The number of rotatable bonds is 6. The summed E-state index contributed by atoms with van der Waals surface area (Å²) < 4.78 is 10.8. The van der Waals surface area contributed by atoms with Crippen molar-refractivity contribution in [3.63, 3.8) is 0 Å². The predicted molar refractivity (Wildman–Crippen MR) is 67.3 cm³/mol. The van der Waals surface area contributed by atoms with E-state index in [1.54, 1.807) is 7.11 Å². The van der Waals surface area contributed by atoms with Gasteiger partial charge in [-0.2, -0.15) is 0 Å². The number of unbranched alkanes of at least 4 members (excludes halogenated alkanes) is 1. The van der Waals surface area contributed by atoms with Gasteiger partial charge in [-0.3, -0.25) is 0 Å². The van der Waals surface area contributed by atoms with Crippen molar-refractivity contribution in [2.24, 2.45) is 0 Å². The van der Waals surface area contributed by atoms with Crippen LogP contribution in [0.1, 0.15) is 39.5 Å². The Morgan fingerprint density at radius 3 is 2.47 bits per heavy atom. The largest absolute Gasteiger partial charge is 0.505 e. The minimum atomic E-state index is -1.00. The maximum atomic E-state index is 5.50. The lowest BCUT2D eigenvalue weighted by atomic mass is 9.95. The van der Waals surface area contributed by atoms with Gasteiger partial charge >= 0.3 is 0 Å². The Morgan fingerprint density at radius 1 is 1.33 bits per heavy atom. The fourth-order valence-corrected chi connectivity index (χ4v) is 1.51. The summed E-state index contributed by atoms with van der Waals surface area (Å²) in [5, 5.41) is 0. The lowest BCUT2D eigenvalue weighted by molar-refractivity contribution is 0.00149. The molecule has 0 radical (unpaired) electrons. The normalized spacial score (nSPS) is 14.3. The van der Waals surface area contributed by atoms with Crippen molar-refractivity contribution in [1.29, 1.82) is 0 Å². The molecule has 88 valence electrons. The third-order valence-corrected chi connectivity index (χ3v) is 2.97. The van der Waals surface area contributed by atoms with Gasteiger partial charge in [0.05, 0.1) is 11.7 Å². The topological polar surface area (TPSA) is 18.5 Å². The molecule has 1 atom stereocenters. The SMILES string of the molecule is CCCCC(C)(CC#CO[SiH](C)C)OC. The molecule has 0 fully saturated rings. The monoisotopic (exact) mass is 228 g/mol. The van der Waals surface area contributed by atoms with Gasteiger partial charge in [-0.05, 0) is 26.4 Å². The van der Waals surface area contributed by atoms with Gasteiger partial charge < -0.3 is 9.16 Å². The number of methoxy groups -OCH3 is 1. The summed E-state index contributed by atoms with van der Waals surface area (Å²) in [6.07, 6.45) is 6.98. The second kappa shape index (κ2) is 7.78. The van der Waals surface area contributed by atoms with Crippen LogP contribution in [0.25, 0.3) is 0 Å². The summed E-state index contributed by atoms with van der Waals surface area (Å²) in [6.45, 7) is 8.53. The van der Waals surface area contributed by atoms with Crippen LogP contribution in [0.4, 0.5) is 0 Å². The minimum absolute atomic E-state index is 0.106. The fraction of sp³-hybridized carbons (Fsp3) is 0.833. The Hall–Kier alpha value is -0.463. The predicted octanol–water partition coefficient (Wildman–Crippen LogP) is 2.93. The molecule has 0 aromatic rings. The van der Waals surface area contributed by atoms with Crippen molar-refractivity contribution in [1.82, 2.24) is 0 Å². The fourth-order valence-electron chi connectivity index (χ4n) is 1.20. The molecule has 0 N–H and O–H groups in total. The quantitative estimate of drug-likeness (QED) is 0.514. The molecule has 0 aromatic heterocycles. The first kappa shape index (κ1) is 14.5. The first-order chi connectivity index (χ1) is 7.04. The van der Waals surface area contributed by atoms with Crippen molar-refractivity contribution in [3.8, 4) is 12.0 Å². The van der Waals surface area contributed by atoms with E-state index >= 15 is 0 Å². The third kappa shape index (κ3) is 7.46. The van der Waals surface area contributed by atoms with Crippen molar-refractivity contribution in [3.05, 3.63) is 0 Å². The summed E-state index contributed by atoms with van der Waals surface area (Å²) in [5.41, 5.74) is -0.106. The molecule has 0 bridgehead atoms. The molecule has 0 saturated carbocycles. The van der Waals surface area contributed by atoms with Crippen molar-refractivity contribution in [2.75, 3.05) is 7.11 Å². The Morgan fingerprint density at radius 2 is 2.00 bits per heavy atom. The molecule has 0 aromatic carbocycles. The van der Waals surface area contributed by atoms with Gasteiger partial charge in [0.25, 0.3) is 0 Å². The Kier molecular flexibility index (Phi) is 7.54. The number of hydrogen-bond acceptors (Lipinski definition) is 2. The maximum Gasteiger partial charge on any atom is 0.244 e. The number of ether oxygens (including phenoxy) is 1. The smallest absolute Gasteiger partial charge is 0.244 e. The van der Waals surface area contributed by atoms with E-state index in [-0.39, 0.29) is 5.60 Å². The van der Waals surface area contributed by atoms with Crippen LogP contribution >= 0.6 is 0 Å². The molecule has 3 heteroatoms. The molecule has 0 heterocycles. The lowest BCUT2D eigenvalue weighted by Crippen LogP contribution is -2.26. The molecule has 2 nitrogen and oxygen atoms in total. The van der Waals surface area contributed by atoms with E-state index in [1.807, 2.05) is 0 Å².